The van der Waals surface area contributed by atoms with Crippen molar-refractivity contribution in [2.24, 2.45) is 17.6 Å². The molecule has 10 nitrogen and oxygen atoms in total. The third-order valence-electron chi connectivity index (χ3n) is 8.79. The number of nitrogens with two attached hydrogens (primary N) is 1. The second-order valence-electron chi connectivity index (χ2n) is 11.6. The number of aliphatic hydroxyl groups excluding tert-OH is 2. The lowest BCUT2D eigenvalue weighted by Crippen LogP contribution is -2.63. The number of nitrogens with zero attached hydrogens (tertiary/aromatic N) is 2. The van der Waals surface area contributed by atoms with Crippen LogP contribution in [0.4, 0.5) is 0 Å². The van der Waals surface area contributed by atoms with Crippen LogP contribution in [0.15, 0.2) is 41.4 Å². The molecule has 1 amide bonds. The van der Waals surface area contributed by atoms with Gasteiger partial charge in [0.2, 0.25) is 0 Å². The number of fused-ring (bicyclic) bond motifs is 3. The smallest absolute Gasteiger partial charge is 0.254 e. The molecular weight excluding hydrogens is 500 g/mol. The van der Waals surface area contributed by atoms with Crippen LogP contribution < -0.4 is 5.73 Å². The van der Waals surface area contributed by atoms with Gasteiger partial charge in [-0.3, -0.25) is 19.4 Å². The van der Waals surface area contributed by atoms with Crippen LogP contribution >= 0.6 is 0 Å². The number of amides is 1. The summed E-state index contributed by atoms with van der Waals surface area (Å²) in [5.74, 6) is -4.15. The Kier molecular flexibility index (Phi) is 6.48. The molecule has 39 heavy (non-hydrogen) atoms. The second kappa shape index (κ2) is 9.32. The van der Waals surface area contributed by atoms with Gasteiger partial charge in [-0.1, -0.05) is 12.1 Å². The number of hydrogen-bond acceptors (Lipinski definition) is 9. The van der Waals surface area contributed by atoms with Crippen LogP contribution in [-0.2, 0) is 17.8 Å². The number of carbonyl (C=O) groups is 2. The highest BCUT2D eigenvalue weighted by atomic mass is 16.3. The number of aliphatic hydroxyl groups is 3. The van der Waals surface area contributed by atoms with Gasteiger partial charge >= 0.3 is 0 Å². The lowest BCUT2D eigenvalue weighted by atomic mass is 9.58. The third kappa shape index (κ3) is 3.92. The van der Waals surface area contributed by atoms with Crippen molar-refractivity contribution in [3.8, 4) is 5.75 Å². The summed E-state index contributed by atoms with van der Waals surface area (Å²) in [5, 5.41) is 54.4. The summed E-state index contributed by atoms with van der Waals surface area (Å²) in [4.78, 5) is 29.9. The Labute approximate surface area is 227 Å². The maximum atomic E-state index is 14.1. The summed E-state index contributed by atoms with van der Waals surface area (Å²) >= 11 is 0. The van der Waals surface area contributed by atoms with Crippen molar-refractivity contribution < 1.29 is 30.0 Å². The van der Waals surface area contributed by atoms with E-state index in [4.69, 9.17) is 11.1 Å². The van der Waals surface area contributed by atoms with Crippen molar-refractivity contribution in [1.82, 2.24) is 9.80 Å². The van der Waals surface area contributed by atoms with Gasteiger partial charge in [-0.15, -0.1) is 6.58 Å². The first-order chi connectivity index (χ1) is 18.3. The van der Waals surface area contributed by atoms with Crippen molar-refractivity contribution in [2.75, 3.05) is 27.7 Å². The van der Waals surface area contributed by atoms with Crippen molar-refractivity contribution in [3.05, 3.63) is 63.6 Å². The first kappa shape index (κ1) is 27.1. The number of phenols is 1. The molecule has 1 saturated carbocycles. The van der Waals surface area contributed by atoms with Gasteiger partial charge in [0.05, 0.1) is 17.3 Å². The molecule has 4 atom stereocenters. The van der Waals surface area contributed by atoms with E-state index in [1.807, 2.05) is 18.0 Å². The Morgan fingerprint density at radius 2 is 1.90 bits per heavy atom. The van der Waals surface area contributed by atoms with Crippen molar-refractivity contribution in [1.29, 1.82) is 5.41 Å². The molecule has 208 valence electrons. The number of aromatic hydroxyl groups is 1. The van der Waals surface area contributed by atoms with Gasteiger partial charge in [0.25, 0.3) is 5.91 Å². The fourth-order valence-electron chi connectivity index (χ4n) is 6.91. The Hall–Kier alpha value is -3.47. The van der Waals surface area contributed by atoms with Crippen LogP contribution in [0, 0.1) is 17.2 Å². The SMILES string of the molecule is C=CCN(C)Cc1cc(C2CC2)c2c(c1O)C(=O)C1=C(O)[C@]3(O)C(=N)C(C(N)=O)=C(O)[C@@H](N(C)C)[C@@H]3C[C@@H]1C2. The Balaban J connectivity index is 1.69. The van der Waals surface area contributed by atoms with Gasteiger partial charge in [-0.25, -0.2) is 0 Å². The predicted octanol–water partition coefficient (Wildman–Crippen LogP) is 2.07. The first-order valence-corrected chi connectivity index (χ1v) is 13.2. The van der Waals surface area contributed by atoms with E-state index in [0.717, 1.165) is 24.0 Å². The van der Waals surface area contributed by atoms with Crippen molar-refractivity contribution in [2.45, 2.75) is 49.8 Å². The zero-order valence-electron chi connectivity index (χ0n) is 22.5. The monoisotopic (exact) mass is 536 g/mol. The van der Waals surface area contributed by atoms with E-state index in [0.29, 0.717) is 25.1 Å². The van der Waals surface area contributed by atoms with Crippen LogP contribution in [0.2, 0.25) is 0 Å². The molecule has 4 aliphatic rings. The lowest BCUT2D eigenvalue weighted by Gasteiger charge is -2.51. The molecule has 0 aromatic heterocycles. The summed E-state index contributed by atoms with van der Waals surface area (Å²) in [5.41, 5.74) is 4.18. The third-order valence-corrected chi connectivity index (χ3v) is 8.79. The molecule has 0 bridgehead atoms. The van der Waals surface area contributed by atoms with Crippen LogP contribution in [0.25, 0.3) is 0 Å². The second-order valence-corrected chi connectivity index (χ2v) is 11.6. The highest BCUT2D eigenvalue weighted by Crippen LogP contribution is 2.54. The van der Waals surface area contributed by atoms with E-state index in [1.165, 1.54) is 0 Å². The fourth-order valence-corrected chi connectivity index (χ4v) is 6.91. The molecule has 0 aliphatic heterocycles. The molecule has 0 radical (unpaired) electrons. The standard InChI is InChI=1S/C29H36N4O6/c1-5-8-33(4)12-15-10-16(13-6-7-13)17-9-14-11-18-22(32(2)3)25(36)21(28(31)38)26(30)29(18,39)27(37)19(14)24(35)20(17)23(15)34/h5,10,13-14,18,22,30,34,36-37,39H,1,6-9,11-12H2,2-4H3,(H2,31,38)/t14-,18-,22-,29+/m0/s1. The van der Waals surface area contributed by atoms with E-state index in [-0.39, 0.29) is 29.2 Å². The number of phenolic OH excluding ortho intramolecular Hbond substituents is 1. The van der Waals surface area contributed by atoms with Crippen LogP contribution in [0.5, 0.6) is 5.75 Å². The van der Waals surface area contributed by atoms with E-state index < -0.39 is 58.0 Å². The van der Waals surface area contributed by atoms with Gasteiger partial charge in [0.1, 0.15) is 22.8 Å². The van der Waals surface area contributed by atoms with E-state index in [9.17, 15) is 30.0 Å². The molecule has 10 heteroatoms. The van der Waals surface area contributed by atoms with Crippen molar-refractivity contribution >= 4 is 17.4 Å². The number of rotatable bonds is 7. The highest BCUT2D eigenvalue weighted by molar-refractivity contribution is 6.26. The number of hydrogen-bond donors (Lipinski definition) is 6. The number of primary amides is 1. The van der Waals surface area contributed by atoms with Crippen LogP contribution in [-0.4, -0.2) is 87.0 Å². The number of carbonyl (C=O) groups excluding carboxylic acids is 2. The lowest BCUT2D eigenvalue weighted by molar-refractivity contribution is -0.114. The number of Topliss-reactive ketones (excluding diaryl/α,β-unsaturated/α-hetero) is 1. The Morgan fingerprint density at radius 3 is 2.46 bits per heavy atom. The van der Waals surface area contributed by atoms with Gasteiger partial charge in [0.15, 0.2) is 11.4 Å². The first-order valence-electron chi connectivity index (χ1n) is 13.2. The zero-order valence-corrected chi connectivity index (χ0v) is 22.5. The topological polar surface area (TPSA) is 171 Å². The minimum Gasteiger partial charge on any atom is -0.510 e. The average Bonchev–Trinajstić information content (AvgIpc) is 3.68. The fraction of sp³-hybridized carbons (Fsp3) is 0.483. The zero-order chi connectivity index (χ0) is 28.5. The van der Waals surface area contributed by atoms with Gasteiger partial charge in [0, 0.05) is 30.1 Å². The molecular formula is C29H36N4O6. The van der Waals surface area contributed by atoms with Crippen LogP contribution in [0.3, 0.4) is 0 Å². The minimum atomic E-state index is -2.42. The molecule has 1 aromatic rings. The highest BCUT2D eigenvalue weighted by Gasteiger charge is 2.61. The maximum Gasteiger partial charge on any atom is 0.254 e. The van der Waals surface area contributed by atoms with E-state index in [2.05, 4.69) is 6.58 Å². The number of allylic oxidation sites excluding steroid dienone is 1. The molecule has 7 N–H and O–H groups in total. The minimum absolute atomic E-state index is 0.0673. The number of ketones is 1. The quantitative estimate of drug-likeness (QED) is 0.288. The van der Waals surface area contributed by atoms with Crippen molar-refractivity contribution in [3.63, 3.8) is 0 Å². The number of nitrogens with one attached hydrogen (secondary N) is 1. The van der Waals surface area contributed by atoms with E-state index in [1.54, 1.807) is 25.1 Å². The molecule has 0 saturated heterocycles. The number of benzene rings is 1. The molecule has 1 aromatic carbocycles. The summed E-state index contributed by atoms with van der Waals surface area (Å²) < 4.78 is 0. The van der Waals surface area contributed by atoms with Gasteiger partial charge in [-0.05, 0) is 69.8 Å². The summed E-state index contributed by atoms with van der Waals surface area (Å²) in [6, 6.07) is 1.06. The Bertz CT molecular complexity index is 1370. The van der Waals surface area contributed by atoms with Gasteiger partial charge < -0.3 is 31.6 Å². The normalized spacial score (nSPS) is 28.5. The molecule has 0 heterocycles. The predicted molar refractivity (Wildman–Crippen MR) is 145 cm³/mol. The maximum absolute atomic E-state index is 14.1. The molecule has 0 unspecified atom stereocenters. The Morgan fingerprint density at radius 1 is 1.23 bits per heavy atom. The average molecular weight is 537 g/mol. The largest absolute Gasteiger partial charge is 0.510 e. The summed E-state index contributed by atoms with van der Waals surface area (Å²) in [7, 11) is 5.19. The van der Waals surface area contributed by atoms with Crippen LogP contribution in [0.1, 0.15) is 52.2 Å². The molecule has 5 rings (SSSR count). The van der Waals surface area contributed by atoms with E-state index >= 15 is 0 Å². The van der Waals surface area contributed by atoms with Gasteiger partial charge in [-0.2, -0.15) is 0 Å². The summed E-state index contributed by atoms with van der Waals surface area (Å²) in [6.07, 6.45) is 4.25. The summed E-state index contributed by atoms with van der Waals surface area (Å²) in [6.45, 7) is 4.73. The molecule has 0 spiro atoms. The number of likely N-dealkylation sites (N-methyl/N-ethyl adjacent to an activating group) is 2. The molecule has 4 aliphatic carbocycles. The molecule has 1 fully saturated rings.